The fraction of sp³-hybridized carbons (Fsp3) is 0.0769. The number of halogens is 1. The maximum absolute atomic E-state index is 11.0. The summed E-state index contributed by atoms with van der Waals surface area (Å²) in [6, 6.07) is 6.86. The minimum atomic E-state index is 0.0603. The summed E-state index contributed by atoms with van der Waals surface area (Å²) in [5.74, 6) is 0.721. The number of methoxy groups -OCH3 is 1. The number of hydrogen-bond donors (Lipinski definition) is 1. The van der Waals surface area contributed by atoms with Gasteiger partial charge in [-0.15, -0.1) is 0 Å². The number of anilines is 2. The van der Waals surface area contributed by atoms with Gasteiger partial charge < -0.3 is 10.1 Å². The van der Waals surface area contributed by atoms with E-state index in [1.54, 1.807) is 18.2 Å². The van der Waals surface area contributed by atoms with E-state index in [2.05, 4.69) is 15.3 Å². The van der Waals surface area contributed by atoms with Crippen molar-refractivity contribution < 1.29 is 9.53 Å². The number of aldehydes is 1. The van der Waals surface area contributed by atoms with E-state index in [1.165, 1.54) is 13.4 Å². The monoisotopic (exact) mass is 288 g/mol. The molecule has 0 saturated carbocycles. The van der Waals surface area contributed by atoms with Gasteiger partial charge in [-0.3, -0.25) is 4.79 Å². The molecule has 0 spiro atoms. The van der Waals surface area contributed by atoms with Gasteiger partial charge >= 0.3 is 0 Å². The summed E-state index contributed by atoms with van der Waals surface area (Å²) in [5.41, 5.74) is 1.17. The lowest BCUT2D eigenvalue weighted by molar-refractivity contribution is 0.112. The van der Waals surface area contributed by atoms with Crippen molar-refractivity contribution >= 4 is 29.4 Å². The van der Waals surface area contributed by atoms with Crippen LogP contribution < -0.4 is 10.1 Å². The summed E-state index contributed by atoms with van der Waals surface area (Å²) in [5, 5.41) is 11.8. The number of aromatic nitrogens is 2. The molecule has 0 fully saturated rings. The van der Waals surface area contributed by atoms with Gasteiger partial charge in [-0.2, -0.15) is 5.26 Å². The van der Waals surface area contributed by atoms with Crippen molar-refractivity contribution in [1.82, 2.24) is 9.97 Å². The first-order valence-corrected chi connectivity index (χ1v) is 5.88. The zero-order valence-electron chi connectivity index (χ0n) is 10.4. The van der Waals surface area contributed by atoms with E-state index in [1.807, 2.05) is 6.07 Å². The molecule has 20 heavy (non-hydrogen) atoms. The zero-order valence-corrected chi connectivity index (χ0v) is 11.2. The molecule has 100 valence electrons. The summed E-state index contributed by atoms with van der Waals surface area (Å²) < 4.78 is 5.19. The van der Waals surface area contributed by atoms with Crippen LogP contribution >= 0.6 is 11.6 Å². The van der Waals surface area contributed by atoms with E-state index in [4.69, 9.17) is 21.6 Å². The summed E-state index contributed by atoms with van der Waals surface area (Å²) in [7, 11) is 1.48. The van der Waals surface area contributed by atoms with Crippen molar-refractivity contribution in [2.24, 2.45) is 0 Å². The van der Waals surface area contributed by atoms with Crippen LogP contribution in [-0.2, 0) is 0 Å². The van der Waals surface area contributed by atoms with Crippen molar-refractivity contribution in [2.45, 2.75) is 0 Å². The number of nitrogens with zero attached hydrogens (tertiary/aromatic N) is 3. The SMILES string of the molecule is COc1cc(C#N)ccc1Nc1ncnc(Cl)c1C=O. The smallest absolute Gasteiger partial charge is 0.156 e. The minimum Gasteiger partial charge on any atom is -0.495 e. The number of nitrogens with one attached hydrogen (secondary N) is 1. The second-order valence-corrected chi connectivity index (χ2v) is 4.05. The molecule has 0 amide bonds. The van der Waals surface area contributed by atoms with Crippen LogP contribution in [0.15, 0.2) is 24.5 Å². The predicted molar refractivity (Wildman–Crippen MR) is 73.4 cm³/mol. The van der Waals surface area contributed by atoms with E-state index in [0.717, 1.165) is 0 Å². The normalized spacial score (nSPS) is 9.65. The van der Waals surface area contributed by atoms with Crippen LogP contribution in [0.25, 0.3) is 0 Å². The Morgan fingerprint density at radius 3 is 2.90 bits per heavy atom. The quantitative estimate of drug-likeness (QED) is 0.687. The molecule has 1 N–H and O–H groups in total. The highest BCUT2D eigenvalue weighted by atomic mass is 35.5. The van der Waals surface area contributed by atoms with E-state index in [9.17, 15) is 4.79 Å². The van der Waals surface area contributed by atoms with Crippen LogP contribution in [0.3, 0.4) is 0 Å². The highest BCUT2D eigenvalue weighted by Gasteiger charge is 2.11. The van der Waals surface area contributed by atoms with Gasteiger partial charge in [0.05, 0.1) is 30.0 Å². The molecule has 0 radical (unpaired) electrons. The Morgan fingerprint density at radius 1 is 1.45 bits per heavy atom. The molecule has 0 unspecified atom stereocenters. The molecule has 0 atom stereocenters. The number of carbonyl (C=O) groups excluding carboxylic acids is 1. The first-order valence-electron chi connectivity index (χ1n) is 5.50. The number of ether oxygens (including phenoxy) is 1. The third-order valence-electron chi connectivity index (χ3n) is 2.54. The molecule has 6 nitrogen and oxygen atoms in total. The number of nitriles is 1. The average Bonchev–Trinajstić information content (AvgIpc) is 2.48. The Hall–Kier alpha value is -2.65. The third-order valence-corrected chi connectivity index (χ3v) is 2.84. The zero-order chi connectivity index (χ0) is 14.5. The summed E-state index contributed by atoms with van der Waals surface area (Å²) in [4.78, 5) is 18.7. The lowest BCUT2D eigenvalue weighted by Crippen LogP contribution is -2.02. The van der Waals surface area contributed by atoms with Crippen LogP contribution in [0.2, 0.25) is 5.15 Å². The van der Waals surface area contributed by atoms with Gasteiger partial charge in [0, 0.05) is 6.07 Å². The largest absolute Gasteiger partial charge is 0.495 e. The first-order chi connectivity index (χ1) is 9.69. The molecule has 1 aromatic carbocycles. The van der Waals surface area contributed by atoms with E-state index in [-0.39, 0.29) is 16.5 Å². The molecule has 2 rings (SSSR count). The molecule has 0 aliphatic carbocycles. The van der Waals surface area contributed by atoms with Crippen LogP contribution in [0, 0.1) is 11.3 Å². The standard InChI is InChI=1S/C13H9ClN4O2/c1-20-11-4-8(5-15)2-3-10(11)18-13-9(6-19)12(14)16-7-17-13/h2-4,6-7H,1H3,(H,16,17,18). The summed E-state index contributed by atoms with van der Waals surface area (Å²) in [6.45, 7) is 0. The molecule has 2 aromatic rings. The minimum absolute atomic E-state index is 0.0603. The lowest BCUT2D eigenvalue weighted by Gasteiger charge is -2.12. The van der Waals surface area contributed by atoms with Gasteiger partial charge in [0.15, 0.2) is 6.29 Å². The molecule has 0 saturated heterocycles. The van der Waals surface area contributed by atoms with Gasteiger partial charge in [0.1, 0.15) is 23.0 Å². The first kappa shape index (κ1) is 13.8. The molecule has 0 aliphatic heterocycles. The van der Waals surface area contributed by atoms with Crippen molar-refractivity contribution in [2.75, 3.05) is 12.4 Å². The van der Waals surface area contributed by atoms with E-state index >= 15 is 0 Å². The van der Waals surface area contributed by atoms with Crippen LogP contribution in [-0.4, -0.2) is 23.4 Å². The van der Waals surface area contributed by atoms with Crippen LogP contribution in [0.5, 0.6) is 5.75 Å². The Labute approximate surface area is 120 Å². The number of rotatable bonds is 4. The highest BCUT2D eigenvalue weighted by Crippen LogP contribution is 2.29. The summed E-state index contributed by atoms with van der Waals surface area (Å²) in [6.07, 6.45) is 1.81. The fourth-order valence-electron chi connectivity index (χ4n) is 1.57. The molecule has 0 aliphatic rings. The average molecular weight is 289 g/mol. The Bertz CT molecular complexity index is 697. The van der Waals surface area contributed by atoms with Gasteiger partial charge in [-0.1, -0.05) is 11.6 Å². The number of benzene rings is 1. The van der Waals surface area contributed by atoms with Gasteiger partial charge in [0.2, 0.25) is 0 Å². The Balaban J connectivity index is 2.43. The van der Waals surface area contributed by atoms with Crippen molar-refractivity contribution in [3.05, 3.63) is 40.8 Å². The molecular formula is C13H9ClN4O2. The maximum Gasteiger partial charge on any atom is 0.156 e. The summed E-state index contributed by atoms with van der Waals surface area (Å²) >= 11 is 5.82. The van der Waals surface area contributed by atoms with Gasteiger partial charge in [-0.25, -0.2) is 9.97 Å². The number of carbonyl (C=O) groups is 1. The van der Waals surface area contributed by atoms with Crippen LogP contribution in [0.4, 0.5) is 11.5 Å². The van der Waals surface area contributed by atoms with Gasteiger partial charge in [0.25, 0.3) is 0 Å². The molecule has 1 aromatic heterocycles. The number of hydrogen-bond acceptors (Lipinski definition) is 6. The molecule has 7 heteroatoms. The Morgan fingerprint density at radius 2 is 2.25 bits per heavy atom. The lowest BCUT2D eigenvalue weighted by atomic mass is 10.2. The molecular weight excluding hydrogens is 280 g/mol. The molecule has 1 heterocycles. The van der Waals surface area contributed by atoms with Crippen LogP contribution in [0.1, 0.15) is 15.9 Å². The van der Waals surface area contributed by atoms with E-state index in [0.29, 0.717) is 23.3 Å². The predicted octanol–water partition coefficient (Wildman–Crippen LogP) is 2.57. The Kier molecular flexibility index (Phi) is 4.13. The topological polar surface area (TPSA) is 87.9 Å². The van der Waals surface area contributed by atoms with Gasteiger partial charge in [-0.05, 0) is 12.1 Å². The van der Waals surface area contributed by atoms with E-state index < -0.39 is 0 Å². The second kappa shape index (κ2) is 5.99. The maximum atomic E-state index is 11.0. The molecule has 0 bridgehead atoms. The fourth-order valence-corrected chi connectivity index (χ4v) is 1.75. The van der Waals surface area contributed by atoms with Crippen molar-refractivity contribution in [3.8, 4) is 11.8 Å². The third kappa shape index (κ3) is 2.68. The second-order valence-electron chi connectivity index (χ2n) is 3.70. The van der Waals surface area contributed by atoms with Crippen molar-refractivity contribution in [1.29, 1.82) is 5.26 Å². The van der Waals surface area contributed by atoms with Crippen molar-refractivity contribution in [3.63, 3.8) is 0 Å². The highest BCUT2D eigenvalue weighted by molar-refractivity contribution is 6.32.